The fraction of sp³-hybridized carbons (Fsp3) is 0.538. The van der Waals surface area contributed by atoms with Crippen molar-refractivity contribution in [2.24, 2.45) is 11.8 Å². The van der Waals surface area contributed by atoms with Gasteiger partial charge < -0.3 is 0 Å². The first kappa shape index (κ1) is 14.6. The van der Waals surface area contributed by atoms with Gasteiger partial charge in [-0.3, -0.25) is 11.3 Å². The monoisotopic (exact) mass is 292 g/mol. The first-order valence-electron chi connectivity index (χ1n) is 6.20. The van der Waals surface area contributed by atoms with Crippen LogP contribution in [0.1, 0.15) is 37.3 Å². The average Bonchev–Trinajstić information content (AvgIpc) is 2.66. The molecule has 2 rings (SSSR count). The van der Waals surface area contributed by atoms with E-state index >= 15 is 0 Å². The molecule has 2 unspecified atom stereocenters. The highest BCUT2D eigenvalue weighted by Gasteiger charge is 2.40. The fourth-order valence-electron chi connectivity index (χ4n) is 2.65. The van der Waals surface area contributed by atoms with Gasteiger partial charge in [-0.1, -0.05) is 17.7 Å². The summed E-state index contributed by atoms with van der Waals surface area (Å²) in [7, 11) is 0. The summed E-state index contributed by atoms with van der Waals surface area (Å²) in [5, 5.41) is 0.296. The molecular weight excluding hydrogens is 277 g/mol. The van der Waals surface area contributed by atoms with Crippen molar-refractivity contribution in [3.63, 3.8) is 0 Å². The maximum atomic E-state index is 13.8. The van der Waals surface area contributed by atoms with E-state index in [0.717, 1.165) is 0 Å². The molecule has 6 heteroatoms. The van der Waals surface area contributed by atoms with Gasteiger partial charge in [-0.2, -0.15) is 0 Å². The Balaban J connectivity index is 2.08. The minimum absolute atomic E-state index is 0.0991. The molecule has 19 heavy (non-hydrogen) atoms. The van der Waals surface area contributed by atoms with E-state index in [-0.39, 0.29) is 18.8 Å². The number of hydrazine groups is 1. The molecule has 2 atom stereocenters. The van der Waals surface area contributed by atoms with Crippen LogP contribution in [0.15, 0.2) is 18.2 Å². The van der Waals surface area contributed by atoms with Gasteiger partial charge in [-0.15, -0.1) is 0 Å². The zero-order chi connectivity index (χ0) is 14.0. The average molecular weight is 293 g/mol. The van der Waals surface area contributed by atoms with E-state index in [9.17, 15) is 13.2 Å². The molecular formula is C13H16ClF3N2. The second-order valence-corrected chi connectivity index (χ2v) is 5.52. The molecule has 1 fully saturated rings. The number of nitrogens with one attached hydrogen (secondary N) is 1. The van der Waals surface area contributed by atoms with Gasteiger partial charge in [0.05, 0.1) is 0 Å². The topological polar surface area (TPSA) is 38.0 Å². The summed E-state index contributed by atoms with van der Waals surface area (Å²) in [4.78, 5) is 0. The van der Waals surface area contributed by atoms with Gasteiger partial charge in [0.2, 0.25) is 5.92 Å². The number of hydrogen-bond donors (Lipinski definition) is 2. The van der Waals surface area contributed by atoms with Gasteiger partial charge in [0.1, 0.15) is 5.82 Å². The second kappa shape index (κ2) is 5.69. The van der Waals surface area contributed by atoms with Crippen molar-refractivity contribution in [3.8, 4) is 0 Å². The predicted octanol–water partition coefficient (Wildman–Crippen LogP) is 3.81. The Morgan fingerprint density at radius 2 is 2.21 bits per heavy atom. The number of benzene rings is 1. The van der Waals surface area contributed by atoms with Gasteiger partial charge in [0.25, 0.3) is 0 Å². The van der Waals surface area contributed by atoms with E-state index in [1.165, 1.54) is 12.1 Å². The lowest BCUT2D eigenvalue weighted by Gasteiger charge is -2.21. The predicted molar refractivity (Wildman–Crippen MR) is 68.4 cm³/mol. The fourth-order valence-corrected chi connectivity index (χ4v) is 2.80. The van der Waals surface area contributed by atoms with Crippen LogP contribution in [0.25, 0.3) is 0 Å². The van der Waals surface area contributed by atoms with Crippen molar-refractivity contribution in [1.82, 2.24) is 5.43 Å². The van der Waals surface area contributed by atoms with Crippen LogP contribution in [0.5, 0.6) is 0 Å². The molecule has 106 valence electrons. The Morgan fingerprint density at radius 1 is 1.47 bits per heavy atom. The largest absolute Gasteiger partial charge is 0.271 e. The van der Waals surface area contributed by atoms with Crippen molar-refractivity contribution in [1.29, 1.82) is 0 Å². The Morgan fingerprint density at radius 3 is 2.74 bits per heavy atom. The molecule has 0 bridgehead atoms. The lowest BCUT2D eigenvalue weighted by molar-refractivity contribution is 0.00429. The van der Waals surface area contributed by atoms with Crippen LogP contribution in [-0.2, 0) is 0 Å². The molecule has 3 N–H and O–H groups in total. The summed E-state index contributed by atoms with van der Waals surface area (Å²) < 4.78 is 40.1. The summed E-state index contributed by atoms with van der Waals surface area (Å²) in [6, 6.07) is 3.82. The zero-order valence-corrected chi connectivity index (χ0v) is 11.1. The van der Waals surface area contributed by atoms with Crippen LogP contribution < -0.4 is 11.3 Å². The molecule has 0 aliphatic heterocycles. The van der Waals surface area contributed by atoms with Gasteiger partial charge in [0, 0.05) is 29.5 Å². The number of nitrogens with two attached hydrogens (primary N) is 1. The van der Waals surface area contributed by atoms with E-state index in [1.54, 1.807) is 6.07 Å². The smallest absolute Gasteiger partial charge is 0.248 e. The molecule has 0 radical (unpaired) electrons. The molecule has 2 nitrogen and oxygen atoms in total. The molecule has 1 aliphatic carbocycles. The normalized spacial score (nSPS) is 23.5. The summed E-state index contributed by atoms with van der Waals surface area (Å²) in [5.41, 5.74) is 2.87. The Labute approximate surface area is 115 Å². The maximum absolute atomic E-state index is 13.8. The summed E-state index contributed by atoms with van der Waals surface area (Å²) >= 11 is 5.68. The van der Waals surface area contributed by atoms with Crippen molar-refractivity contribution >= 4 is 11.6 Å². The molecule has 0 aromatic heterocycles. The van der Waals surface area contributed by atoms with Crippen LogP contribution in [-0.4, -0.2) is 5.92 Å². The van der Waals surface area contributed by atoms with E-state index in [2.05, 4.69) is 5.43 Å². The first-order valence-corrected chi connectivity index (χ1v) is 6.58. The summed E-state index contributed by atoms with van der Waals surface area (Å²) in [5.74, 6) is 2.21. The number of halogens is 4. The lowest BCUT2D eigenvalue weighted by atomic mass is 9.93. The zero-order valence-electron chi connectivity index (χ0n) is 10.3. The first-order chi connectivity index (χ1) is 8.91. The van der Waals surface area contributed by atoms with Gasteiger partial charge in [-0.25, -0.2) is 13.2 Å². The van der Waals surface area contributed by atoms with Crippen LogP contribution in [0.2, 0.25) is 5.02 Å². The Bertz CT molecular complexity index is 454. The SMILES string of the molecule is NNC(CC1CCC(F)(F)C1)c1ccc(Cl)cc1F. The number of rotatable bonds is 4. The second-order valence-electron chi connectivity index (χ2n) is 5.09. The van der Waals surface area contributed by atoms with Crippen LogP contribution in [0, 0.1) is 11.7 Å². The van der Waals surface area contributed by atoms with Crippen LogP contribution in [0.4, 0.5) is 13.2 Å². The third kappa shape index (κ3) is 3.61. The van der Waals surface area contributed by atoms with Crippen LogP contribution >= 0.6 is 11.6 Å². The highest BCUT2D eigenvalue weighted by atomic mass is 35.5. The third-order valence-corrected chi connectivity index (χ3v) is 3.85. The summed E-state index contributed by atoms with van der Waals surface area (Å²) in [6.45, 7) is 0. The van der Waals surface area contributed by atoms with Gasteiger partial charge in [0.15, 0.2) is 0 Å². The van der Waals surface area contributed by atoms with Crippen LogP contribution in [0.3, 0.4) is 0 Å². The molecule has 1 aromatic rings. The quantitative estimate of drug-likeness (QED) is 0.654. The Hall–Kier alpha value is -0.780. The van der Waals surface area contributed by atoms with Gasteiger partial charge in [-0.05, 0) is 30.9 Å². The van der Waals surface area contributed by atoms with E-state index in [4.69, 9.17) is 17.4 Å². The maximum Gasteiger partial charge on any atom is 0.248 e. The summed E-state index contributed by atoms with van der Waals surface area (Å²) in [6.07, 6.45) is 0.587. The van der Waals surface area contributed by atoms with Crippen molar-refractivity contribution in [3.05, 3.63) is 34.6 Å². The molecule has 1 aliphatic rings. The molecule has 1 aromatic carbocycles. The highest BCUT2D eigenvalue weighted by Crippen LogP contribution is 2.42. The van der Waals surface area contributed by atoms with E-state index in [1.807, 2.05) is 0 Å². The molecule has 1 saturated carbocycles. The van der Waals surface area contributed by atoms with Crippen molar-refractivity contribution in [2.45, 2.75) is 37.6 Å². The molecule has 0 spiro atoms. The molecule has 0 amide bonds. The van der Waals surface area contributed by atoms with Gasteiger partial charge >= 0.3 is 0 Å². The Kier molecular flexibility index (Phi) is 4.38. The van der Waals surface area contributed by atoms with E-state index in [0.29, 0.717) is 23.4 Å². The standard InChI is InChI=1S/C13H16ClF3N2/c14-9-1-2-10(11(15)6-9)12(19-18)5-8-3-4-13(16,17)7-8/h1-2,6,8,12,19H,3-5,7,18H2. The van der Waals surface area contributed by atoms with E-state index < -0.39 is 17.8 Å². The van der Waals surface area contributed by atoms with Crippen molar-refractivity contribution < 1.29 is 13.2 Å². The number of hydrogen-bond acceptors (Lipinski definition) is 2. The van der Waals surface area contributed by atoms with Crippen molar-refractivity contribution in [2.75, 3.05) is 0 Å². The number of alkyl halides is 2. The lowest BCUT2D eigenvalue weighted by Crippen LogP contribution is -2.30. The molecule has 0 saturated heterocycles. The third-order valence-electron chi connectivity index (χ3n) is 3.61. The highest BCUT2D eigenvalue weighted by molar-refractivity contribution is 6.30. The minimum Gasteiger partial charge on any atom is -0.271 e. The molecule has 0 heterocycles. The minimum atomic E-state index is -2.59.